The number of benzene rings is 2. The molecule has 0 aliphatic heterocycles. The third-order valence-corrected chi connectivity index (χ3v) is 7.56. The average Bonchev–Trinajstić information content (AvgIpc) is 2.37. The Labute approximate surface area is 144 Å². The van der Waals surface area contributed by atoms with Gasteiger partial charge in [0.05, 0.1) is 14.8 Å². The van der Waals surface area contributed by atoms with E-state index < -0.39 is 19.8 Å². The summed E-state index contributed by atoms with van der Waals surface area (Å²) in [4.78, 5) is 0.00710. The largest absolute Gasteiger partial charge is 0.291 e. The van der Waals surface area contributed by atoms with Crippen LogP contribution in [0.1, 0.15) is 0 Å². The van der Waals surface area contributed by atoms with Gasteiger partial charge in [0, 0.05) is 21.2 Å². The van der Waals surface area contributed by atoms with Crippen LogP contribution >= 0.6 is 34.8 Å². The van der Waals surface area contributed by atoms with E-state index >= 15 is 0 Å². The Hall–Kier alpha value is -0.790. The van der Waals surface area contributed by atoms with Gasteiger partial charge < -0.3 is 0 Å². The molecule has 4 nitrogen and oxygen atoms in total. The van der Waals surface area contributed by atoms with Gasteiger partial charge in [0.15, 0.2) is 0 Å². The second-order valence-corrected chi connectivity index (χ2v) is 9.72. The van der Waals surface area contributed by atoms with Gasteiger partial charge in [-0.05, 0) is 42.5 Å². The van der Waals surface area contributed by atoms with Gasteiger partial charge >= 0.3 is 0 Å². The van der Waals surface area contributed by atoms with E-state index in [0.717, 1.165) is 0 Å². The Bertz CT molecular complexity index is 932. The summed E-state index contributed by atoms with van der Waals surface area (Å²) >= 11 is 17.4. The molecule has 2 aromatic carbocycles. The molecule has 9 heteroatoms. The molecule has 2 rings (SSSR count). The summed E-state index contributed by atoms with van der Waals surface area (Å²) in [6, 6.07) is 9.83. The first-order chi connectivity index (χ1) is 10.1. The summed E-state index contributed by atoms with van der Waals surface area (Å²) in [5, 5.41) is 0.656. The lowest BCUT2D eigenvalue weighted by molar-refractivity contribution is 0.598. The van der Waals surface area contributed by atoms with Crippen molar-refractivity contribution in [3.05, 3.63) is 57.5 Å². The Morgan fingerprint density at radius 3 is 1.95 bits per heavy atom. The maximum atomic E-state index is 12.6. The summed E-state index contributed by atoms with van der Waals surface area (Å²) in [7, 11) is -7.37. The van der Waals surface area contributed by atoms with Crippen molar-refractivity contribution in [2.75, 3.05) is 6.26 Å². The van der Waals surface area contributed by atoms with Crippen LogP contribution in [0.3, 0.4) is 0 Å². The molecule has 0 unspecified atom stereocenters. The molecule has 0 N–H and O–H groups in total. The molecule has 0 heterocycles. The van der Waals surface area contributed by atoms with Gasteiger partial charge in [-0.3, -0.25) is 0 Å². The van der Waals surface area contributed by atoms with Crippen LogP contribution in [0, 0.1) is 0 Å². The standard InChI is InChI=1S/C13H10Cl3NO3S2/c1-21(18,11-5-2-9(14)3-6-11)17-22(19,20)13-7-4-10(15)8-12(13)16/h2-8H,1H3/t21-/m0/s1. The molecule has 0 aliphatic rings. The lowest BCUT2D eigenvalue weighted by Crippen LogP contribution is -2.05. The molecular weight excluding hydrogens is 389 g/mol. The molecule has 0 bridgehead atoms. The topological polar surface area (TPSA) is 63.6 Å². The van der Waals surface area contributed by atoms with Gasteiger partial charge in [0.1, 0.15) is 4.90 Å². The molecule has 0 aliphatic carbocycles. The summed E-state index contributed by atoms with van der Waals surface area (Å²) in [5.74, 6) is 0. The van der Waals surface area contributed by atoms with Crippen LogP contribution in [0.4, 0.5) is 0 Å². The molecule has 22 heavy (non-hydrogen) atoms. The first kappa shape index (κ1) is 17.6. The number of hydrogen-bond acceptors (Lipinski definition) is 3. The highest BCUT2D eigenvalue weighted by Crippen LogP contribution is 2.28. The summed E-state index contributed by atoms with van der Waals surface area (Å²) in [5.41, 5.74) is 0. The minimum absolute atomic E-state index is 0.0810. The zero-order chi connectivity index (χ0) is 16.5. The maximum Gasteiger partial charge on any atom is 0.291 e. The lowest BCUT2D eigenvalue weighted by Gasteiger charge is -2.06. The van der Waals surface area contributed by atoms with E-state index in [9.17, 15) is 12.6 Å². The number of halogens is 3. The average molecular weight is 399 g/mol. The first-order valence-electron chi connectivity index (χ1n) is 5.81. The fraction of sp³-hybridized carbons (Fsp3) is 0.0769. The number of nitrogens with zero attached hydrogens (tertiary/aromatic N) is 1. The van der Waals surface area contributed by atoms with Crippen LogP contribution in [-0.2, 0) is 19.8 Å². The summed E-state index contributed by atoms with van der Waals surface area (Å²) < 4.78 is 40.8. The molecule has 0 saturated heterocycles. The lowest BCUT2D eigenvalue weighted by atomic mass is 10.4. The van der Waals surface area contributed by atoms with Gasteiger partial charge in [0.25, 0.3) is 10.0 Å². The quantitative estimate of drug-likeness (QED) is 0.765. The number of hydrogen-bond donors (Lipinski definition) is 0. The molecule has 0 radical (unpaired) electrons. The van der Waals surface area contributed by atoms with Crippen molar-refractivity contribution in [1.29, 1.82) is 0 Å². The number of rotatable bonds is 3. The smallest absolute Gasteiger partial charge is 0.244 e. The maximum absolute atomic E-state index is 12.6. The SMILES string of the molecule is C[S@@](=O)(=NS(=O)(=O)c1ccc(Cl)cc1Cl)c1ccc(Cl)cc1. The summed E-state index contributed by atoms with van der Waals surface area (Å²) in [6.07, 6.45) is 1.23. The van der Waals surface area contributed by atoms with Crippen molar-refractivity contribution < 1.29 is 12.6 Å². The third-order valence-electron chi connectivity index (χ3n) is 2.66. The minimum atomic E-state index is -4.20. The van der Waals surface area contributed by atoms with Crippen LogP contribution in [0.15, 0.2) is 56.0 Å². The molecule has 0 spiro atoms. The van der Waals surface area contributed by atoms with E-state index in [1.54, 1.807) is 0 Å². The molecule has 0 fully saturated rings. The van der Waals surface area contributed by atoms with Crippen LogP contribution < -0.4 is 0 Å². The predicted molar refractivity (Wildman–Crippen MR) is 89.9 cm³/mol. The Morgan fingerprint density at radius 2 is 1.41 bits per heavy atom. The zero-order valence-electron chi connectivity index (χ0n) is 11.2. The molecule has 1 atom stereocenters. The molecule has 0 amide bonds. The highest BCUT2D eigenvalue weighted by atomic mass is 35.5. The van der Waals surface area contributed by atoms with Crippen LogP contribution in [0.5, 0.6) is 0 Å². The highest BCUT2D eigenvalue weighted by molar-refractivity contribution is 8.03. The van der Waals surface area contributed by atoms with E-state index in [1.165, 1.54) is 48.7 Å². The molecule has 0 aromatic heterocycles. The second kappa shape index (κ2) is 6.37. The van der Waals surface area contributed by atoms with Gasteiger partial charge in [0.2, 0.25) is 0 Å². The second-order valence-electron chi connectivity index (χ2n) is 4.38. The van der Waals surface area contributed by atoms with Crippen molar-refractivity contribution in [3.8, 4) is 0 Å². The first-order valence-corrected chi connectivity index (χ1v) is 10.3. The van der Waals surface area contributed by atoms with E-state index in [4.69, 9.17) is 34.8 Å². The Balaban J connectivity index is 2.58. The van der Waals surface area contributed by atoms with Gasteiger partial charge in [-0.2, -0.15) is 8.42 Å². The van der Waals surface area contributed by atoms with Crippen molar-refractivity contribution in [3.63, 3.8) is 0 Å². The fourth-order valence-corrected chi connectivity index (χ4v) is 5.82. The van der Waals surface area contributed by atoms with Gasteiger partial charge in [-0.15, -0.1) is 3.77 Å². The molecule has 118 valence electrons. The van der Waals surface area contributed by atoms with Crippen LogP contribution in [0.25, 0.3) is 0 Å². The molecule has 0 saturated carbocycles. The zero-order valence-corrected chi connectivity index (χ0v) is 15.1. The van der Waals surface area contributed by atoms with E-state index in [2.05, 4.69) is 3.77 Å². The molecule has 2 aromatic rings. The van der Waals surface area contributed by atoms with Crippen molar-refractivity contribution in [2.45, 2.75) is 9.79 Å². The summed E-state index contributed by atoms with van der Waals surface area (Å²) in [6.45, 7) is 0. The van der Waals surface area contributed by atoms with Crippen molar-refractivity contribution >= 4 is 54.6 Å². The molecular formula is C13H10Cl3NO3S2. The normalized spacial score (nSPS) is 14.4. The van der Waals surface area contributed by atoms with Crippen LogP contribution in [-0.4, -0.2) is 18.9 Å². The van der Waals surface area contributed by atoms with E-state index in [1.807, 2.05) is 0 Å². The Morgan fingerprint density at radius 1 is 0.864 bits per heavy atom. The monoisotopic (exact) mass is 397 g/mol. The van der Waals surface area contributed by atoms with Crippen LogP contribution in [0.2, 0.25) is 15.1 Å². The van der Waals surface area contributed by atoms with Crippen molar-refractivity contribution in [2.24, 2.45) is 3.77 Å². The number of sulfonamides is 1. The Kier molecular flexibility index (Phi) is 5.09. The van der Waals surface area contributed by atoms with E-state index in [0.29, 0.717) is 10.0 Å². The minimum Gasteiger partial charge on any atom is -0.244 e. The van der Waals surface area contributed by atoms with E-state index in [-0.39, 0.29) is 14.8 Å². The third kappa shape index (κ3) is 3.94. The predicted octanol–water partition coefficient (Wildman–Crippen LogP) is 4.49. The van der Waals surface area contributed by atoms with Gasteiger partial charge in [-0.25, -0.2) is 4.21 Å². The van der Waals surface area contributed by atoms with Gasteiger partial charge in [-0.1, -0.05) is 34.8 Å². The fourth-order valence-electron chi connectivity index (χ4n) is 1.64. The highest BCUT2D eigenvalue weighted by Gasteiger charge is 2.20. The van der Waals surface area contributed by atoms with Crippen molar-refractivity contribution in [1.82, 2.24) is 0 Å².